The van der Waals surface area contributed by atoms with E-state index in [0.29, 0.717) is 24.2 Å². The van der Waals surface area contributed by atoms with Crippen LogP contribution in [0.15, 0.2) is 18.2 Å². The van der Waals surface area contributed by atoms with E-state index in [-0.39, 0.29) is 5.75 Å². The predicted molar refractivity (Wildman–Crippen MR) is 74.4 cm³/mol. The third kappa shape index (κ3) is 2.94. The summed E-state index contributed by atoms with van der Waals surface area (Å²) in [6.07, 6.45) is 1.99. The van der Waals surface area contributed by atoms with Crippen LogP contribution in [0.2, 0.25) is 0 Å². The third-order valence-corrected chi connectivity index (χ3v) is 6.00. The van der Waals surface area contributed by atoms with Crippen molar-refractivity contribution in [2.45, 2.75) is 30.6 Å². The van der Waals surface area contributed by atoms with Crippen LogP contribution in [-0.4, -0.2) is 26.5 Å². The van der Waals surface area contributed by atoms with Gasteiger partial charge >= 0.3 is 0 Å². The number of nitrogens with one attached hydrogen (secondary N) is 1. The van der Waals surface area contributed by atoms with Gasteiger partial charge in [0.15, 0.2) is 9.84 Å². The smallest absolute Gasteiger partial charge is 0.155 e. The van der Waals surface area contributed by atoms with E-state index in [0.717, 1.165) is 6.42 Å². The molecule has 0 amide bonds. The Bertz CT molecular complexity index is 577. The van der Waals surface area contributed by atoms with Gasteiger partial charge in [0.25, 0.3) is 0 Å². The van der Waals surface area contributed by atoms with Gasteiger partial charge in [-0.3, -0.25) is 11.3 Å². The lowest BCUT2D eigenvalue weighted by Crippen LogP contribution is -2.43. The standard InChI is InChI=1S/C13H19FN2O3S/c1-19-11-6-5-9(14)8-10(11)13(16-15)12-4-2-3-7-20(12,17)18/h5-6,8,12-13,16H,2-4,7,15H2,1H3. The van der Waals surface area contributed by atoms with E-state index in [4.69, 9.17) is 10.6 Å². The van der Waals surface area contributed by atoms with Gasteiger partial charge in [0.1, 0.15) is 11.6 Å². The molecule has 112 valence electrons. The summed E-state index contributed by atoms with van der Waals surface area (Å²) in [6, 6.07) is 3.34. The van der Waals surface area contributed by atoms with Crippen molar-refractivity contribution in [1.82, 2.24) is 5.43 Å². The van der Waals surface area contributed by atoms with E-state index in [9.17, 15) is 12.8 Å². The first kappa shape index (κ1) is 15.2. The van der Waals surface area contributed by atoms with Crippen molar-refractivity contribution in [2.24, 2.45) is 5.84 Å². The van der Waals surface area contributed by atoms with Crippen LogP contribution in [0, 0.1) is 5.82 Å². The number of rotatable bonds is 4. The van der Waals surface area contributed by atoms with E-state index in [2.05, 4.69) is 5.43 Å². The molecule has 1 saturated heterocycles. The first-order chi connectivity index (χ1) is 9.49. The number of benzene rings is 1. The molecule has 1 aliphatic heterocycles. The van der Waals surface area contributed by atoms with Gasteiger partial charge in [0.05, 0.1) is 24.2 Å². The maximum atomic E-state index is 13.5. The highest BCUT2D eigenvalue weighted by Gasteiger charge is 2.37. The molecule has 0 aliphatic carbocycles. The summed E-state index contributed by atoms with van der Waals surface area (Å²) >= 11 is 0. The number of ether oxygens (including phenoxy) is 1. The van der Waals surface area contributed by atoms with Gasteiger partial charge < -0.3 is 4.74 Å². The van der Waals surface area contributed by atoms with Crippen LogP contribution < -0.4 is 16.0 Å². The Morgan fingerprint density at radius 1 is 1.45 bits per heavy atom. The third-order valence-electron chi connectivity index (χ3n) is 3.71. The maximum Gasteiger partial charge on any atom is 0.155 e. The van der Waals surface area contributed by atoms with Crippen molar-refractivity contribution in [3.8, 4) is 5.75 Å². The van der Waals surface area contributed by atoms with Crippen LogP contribution in [0.4, 0.5) is 4.39 Å². The average molecular weight is 302 g/mol. The van der Waals surface area contributed by atoms with Crippen LogP contribution in [0.1, 0.15) is 30.9 Å². The lowest BCUT2D eigenvalue weighted by Gasteiger charge is -2.30. The fourth-order valence-corrected chi connectivity index (χ4v) is 4.77. The van der Waals surface area contributed by atoms with Crippen molar-refractivity contribution >= 4 is 9.84 Å². The summed E-state index contributed by atoms with van der Waals surface area (Å²) in [4.78, 5) is 0. The summed E-state index contributed by atoms with van der Waals surface area (Å²) in [5.74, 6) is 5.66. The lowest BCUT2D eigenvalue weighted by molar-refractivity contribution is 0.388. The fraction of sp³-hybridized carbons (Fsp3) is 0.538. The maximum absolute atomic E-state index is 13.5. The number of hydrazine groups is 1. The van der Waals surface area contributed by atoms with E-state index in [1.807, 2.05) is 0 Å². The Morgan fingerprint density at radius 2 is 2.20 bits per heavy atom. The molecule has 1 fully saturated rings. The van der Waals surface area contributed by atoms with Gasteiger partial charge in [-0.15, -0.1) is 0 Å². The zero-order valence-electron chi connectivity index (χ0n) is 11.3. The molecule has 0 spiro atoms. The van der Waals surface area contributed by atoms with Crippen molar-refractivity contribution in [1.29, 1.82) is 0 Å². The highest BCUT2D eigenvalue weighted by molar-refractivity contribution is 7.92. The Balaban J connectivity index is 2.44. The molecule has 20 heavy (non-hydrogen) atoms. The molecule has 3 N–H and O–H groups in total. The molecule has 1 aromatic rings. The predicted octanol–water partition coefficient (Wildman–Crippen LogP) is 1.31. The SMILES string of the molecule is COc1ccc(F)cc1C(NN)C1CCCCS1(=O)=O. The molecule has 0 aromatic heterocycles. The molecule has 0 radical (unpaired) electrons. The second-order valence-corrected chi connectivity index (χ2v) is 7.27. The molecule has 1 aliphatic rings. The molecule has 0 saturated carbocycles. The molecule has 2 rings (SSSR count). The average Bonchev–Trinajstić information content (AvgIpc) is 2.41. The lowest BCUT2D eigenvalue weighted by atomic mass is 9.99. The number of halogens is 1. The van der Waals surface area contributed by atoms with Crippen LogP contribution in [-0.2, 0) is 9.84 Å². The van der Waals surface area contributed by atoms with Gasteiger partial charge in [0.2, 0.25) is 0 Å². The van der Waals surface area contributed by atoms with Gasteiger partial charge in [0, 0.05) is 5.56 Å². The van der Waals surface area contributed by atoms with Crippen LogP contribution >= 0.6 is 0 Å². The van der Waals surface area contributed by atoms with Crippen LogP contribution in [0.3, 0.4) is 0 Å². The van der Waals surface area contributed by atoms with Crippen molar-refractivity contribution in [3.05, 3.63) is 29.6 Å². The Kier molecular flexibility index (Phi) is 4.62. The quantitative estimate of drug-likeness (QED) is 0.647. The van der Waals surface area contributed by atoms with Gasteiger partial charge in [-0.2, -0.15) is 0 Å². The molecular weight excluding hydrogens is 283 g/mol. The Morgan fingerprint density at radius 3 is 2.80 bits per heavy atom. The molecule has 1 heterocycles. The summed E-state index contributed by atoms with van der Waals surface area (Å²) in [5, 5.41) is -0.656. The van der Waals surface area contributed by atoms with Crippen molar-refractivity contribution in [2.75, 3.05) is 12.9 Å². The summed E-state index contributed by atoms with van der Waals surface area (Å²) in [6.45, 7) is 0. The van der Waals surface area contributed by atoms with Crippen molar-refractivity contribution in [3.63, 3.8) is 0 Å². The Labute approximate surface area is 118 Å². The molecule has 1 aromatic carbocycles. The highest BCUT2D eigenvalue weighted by Crippen LogP contribution is 2.34. The van der Waals surface area contributed by atoms with E-state index < -0.39 is 26.9 Å². The zero-order valence-corrected chi connectivity index (χ0v) is 12.1. The fourth-order valence-electron chi connectivity index (χ4n) is 2.70. The van der Waals surface area contributed by atoms with Crippen molar-refractivity contribution < 1.29 is 17.5 Å². The molecule has 2 atom stereocenters. The number of methoxy groups -OCH3 is 1. The monoisotopic (exact) mass is 302 g/mol. The van der Waals surface area contributed by atoms with Gasteiger partial charge in [-0.1, -0.05) is 6.42 Å². The van der Waals surface area contributed by atoms with Crippen LogP contribution in [0.5, 0.6) is 5.75 Å². The number of hydrogen-bond acceptors (Lipinski definition) is 5. The molecule has 7 heteroatoms. The summed E-state index contributed by atoms with van der Waals surface area (Å²) in [5.41, 5.74) is 2.96. The normalized spacial score (nSPS) is 23.2. The minimum Gasteiger partial charge on any atom is -0.496 e. The largest absolute Gasteiger partial charge is 0.496 e. The van der Waals surface area contributed by atoms with E-state index >= 15 is 0 Å². The first-order valence-electron chi connectivity index (χ1n) is 6.50. The summed E-state index contributed by atoms with van der Waals surface area (Å²) < 4.78 is 43.1. The molecular formula is C13H19FN2O3S. The van der Waals surface area contributed by atoms with E-state index in [1.165, 1.54) is 25.3 Å². The van der Waals surface area contributed by atoms with Gasteiger partial charge in [-0.25, -0.2) is 12.8 Å². The number of sulfone groups is 1. The van der Waals surface area contributed by atoms with Crippen LogP contribution in [0.25, 0.3) is 0 Å². The zero-order chi connectivity index (χ0) is 14.8. The second-order valence-electron chi connectivity index (χ2n) is 4.93. The van der Waals surface area contributed by atoms with Gasteiger partial charge in [-0.05, 0) is 31.0 Å². The summed E-state index contributed by atoms with van der Waals surface area (Å²) in [7, 11) is -1.78. The molecule has 0 bridgehead atoms. The number of nitrogens with two attached hydrogens (primary N) is 1. The Hall–Kier alpha value is -1.18. The topological polar surface area (TPSA) is 81.4 Å². The first-order valence-corrected chi connectivity index (χ1v) is 8.22. The number of hydrogen-bond donors (Lipinski definition) is 2. The minimum atomic E-state index is -3.24. The highest BCUT2D eigenvalue weighted by atomic mass is 32.2. The second kappa shape index (κ2) is 6.07. The minimum absolute atomic E-state index is 0.146. The molecule has 2 unspecified atom stereocenters. The van der Waals surface area contributed by atoms with E-state index in [1.54, 1.807) is 0 Å². The molecule has 5 nitrogen and oxygen atoms in total.